The van der Waals surface area contributed by atoms with E-state index >= 15 is 0 Å². The minimum Gasteiger partial charge on any atom is -0.279 e. The van der Waals surface area contributed by atoms with Crippen LogP contribution in [0.15, 0.2) is 0 Å². The van der Waals surface area contributed by atoms with Gasteiger partial charge in [0.25, 0.3) is 0 Å². The molecule has 1 N–H and O–H groups in total. The van der Waals surface area contributed by atoms with Crippen molar-refractivity contribution in [2.24, 2.45) is 0 Å². The van der Waals surface area contributed by atoms with Crippen LogP contribution in [0, 0.1) is 6.42 Å². The zero-order chi connectivity index (χ0) is 4.95. The molecule has 1 saturated heterocycles. The molecule has 0 unspecified atom stereocenters. The van der Waals surface area contributed by atoms with Crippen LogP contribution in [0.3, 0.4) is 0 Å². The van der Waals surface area contributed by atoms with Crippen molar-refractivity contribution in [2.75, 3.05) is 13.1 Å². The van der Waals surface area contributed by atoms with Gasteiger partial charge in [0.15, 0.2) is 0 Å². The van der Waals surface area contributed by atoms with Gasteiger partial charge >= 0.3 is 0 Å². The fourth-order valence-corrected chi connectivity index (χ4v) is 0.845. The van der Waals surface area contributed by atoms with Gasteiger partial charge in [0.2, 0.25) is 0 Å². The fraction of sp³-hybridized carbons (Fsp3) is 0.833. The molecule has 0 atom stereocenters. The van der Waals surface area contributed by atoms with Crippen molar-refractivity contribution in [1.82, 2.24) is 5.32 Å². The summed E-state index contributed by atoms with van der Waals surface area (Å²) in [6.07, 6.45) is 6.36. The first-order valence-electron chi connectivity index (χ1n) is 3.02. The van der Waals surface area contributed by atoms with E-state index in [4.69, 9.17) is 0 Å². The van der Waals surface area contributed by atoms with Gasteiger partial charge in [0.05, 0.1) is 12.8 Å². The summed E-state index contributed by atoms with van der Waals surface area (Å²) in [4.78, 5) is 0. The van der Waals surface area contributed by atoms with Gasteiger partial charge in [-0.1, -0.05) is 0 Å². The molecule has 0 amide bonds. The van der Waals surface area contributed by atoms with Crippen LogP contribution in [0.4, 0.5) is 0 Å². The maximum absolute atomic E-state index is 3.29. The molecular weight excluding hydrogens is 86.1 g/mol. The highest BCUT2D eigenvalue weighted by Gasteiger charge is 2.01. The summed E-state index contributed by atoms with van der Waals surface area (Å²) < 4.78 is 0. The Kier molecular flexibility index (Phi) is 2.07. The molecule has 1 aliphatic heterocycles. The van der Waals surface area contributed by atoms with Crippen LogP contribution in [0.2, 0.25) is 0 Å². The predicted molar refractivity (Wildman–Crippen MR) is 31.0 cm³/mol. The zero-order valence-corrected chi connectivity index (χ0v) is 4.61. The molecule has 0 aromatic heterocycles. The van der Waals surface area contributed by atoms with Crippen LogP contribution >= 0.6 is 0 Å². The molecule has 0 aliphatic carbocycles. The first-order chi connectivity index (χ1) is 3.50. The Morgan fingerprint density at radius 2 is 2.29 bits per heavy atom. The Labute approximate surface area is 45.1 Å². The van der Waals surface area contributed by atoms with Crippen molar-refractivity contribution in [1.29, 1.82) is 0 Å². The SMILES string of the molecule is [CH+]1CCCCNC1. The second-order valence-electron chi connectivity index (χ2n) is 1.99. The highest BCUT2D eigenvalue weighted by atomic mass is 14.8. The molecule has 0 spiro atoms. The quantitative estimate of drug-likeness (QED) is 0.445. The van der Waals surface area contributed by atoms with E-state index in [1.54, 1.807) is 0 Å². The van der Waals surface area contributed by atoms with Crippen LogP contribution < -0.4 is 5.32 Å². The van der Waals surface area contributed by atoms with Gasteiger partial charge in [0.1, 0.15) is 6.54 Å². The normalized spacial score (nSPS) is 22.9. The first-order valence-corrected chi connectivity index (χ1v) is 3.02. The third-order valence-electron chi connectivity index (χ3n) is 1.30. The lowest BCUT2D eigenvalue weighted by Crippen LogP contribution is -2.13. The summed E-state index contributed by atoms with van der Waals surface area (Å²) in [6.45, 7) is 2.34. The largest absolute Gasteiger partial charge is 0.279 e. The predicted octanol–water partition coefficient (Wildman–Crippen LogP) is 0.964. The Hall–Kier alpha value is -0.170. The van der Waals surface area contributed by atoms with E-state index in [0.717, 1.165) is 6.54 Å². The molecule has 1 nitrogen and oxygen atoms in total. The van der Waals surface area contributed by atoms with E-state index in [2.05, 4.69) is 11.7 Å². The average Bonchev–Trinajstić information content (AvgIpc) is 1.90. The Balaban J connectivity index is 2.04. The molecule has 0 saturated carbocycles. The zero-order valence-electron chi connectivity index (χ0n) is 4.61. The topological polar surface area (TPSA) is 12.0 Å². The second-order valence-corrected chi connectivity index (χ2v) is 1.99. The molecule has 1 fully saturated rings. The lowest BCUT2D eigenvalue weighted by molar-refractivity contribution is 0.710. The van der Waals surface area contributed by atoms with Gasteiger partial charge in [-0.05, 0) is 19.4 Å². The Morgan fingerprint density at radius 3 is 3.29 bits per heavy atom. The van der Waals surface area contributed by atoms with E-state index in [9.17, 15) is 0 Å². The molecule has 0 aromatic carbocycles. The van der Waals surface area contributed by atoms with E-state index in [1.807, 2.05) is 0 Å². The molecular formula is C6H12N+. The molecule has 0 bridgehead atoms. The minimum absolute atomic E-state index is 1.12. The first kappa shape index (κ1) is 4.98. The van der Waals surface area contributed by atoms with Gasteiger partial charge in [-0.15, -0.1) is 0 Å². The van der Waals surface area contributed by atoms with Crippen LogP contribution in [-0.2, 0) is 0 Å². The van der Waals surface area contributed by atoms with Crippen molar-refractivity contribution in [2.45, 2.75) is 19.3 Å². The molecule has 0 radical (unpaired) electrons. The summed E-state index contributed by atoms with van der Waals surface area (Å²) in [5, 5.41) is 3.29. The summed E-state index contributed by atoms with van der Waals surface area (Å²) >= 11 is 0. The highest BCUT2D eigenvalue weighted by Crippen LogP contribution is 1.99. The van der Waals surface area contributed by atoms with Gasteiger partial charge in [-0.3, -0.25) is 5.32 Å². The van der Waals surface area contributed by atoms with Crippen LogP contribution in [0.25, 0.3) is 0 Å². The van der Waals surface area contributed by atoms with E-state index in [1.165, 1.54) is 25.8 Å². The summed E-state index contributed by atoms with van der Waals surface area (Å²) in [6, 6.07) is 0. The summed E-state index contributed by atoms with van der Waals surface area (Å²) in [5.41, 5.74) is 0. The Morgan fingerprint density at radius 1 is 1.29 bits per heavy atom. The number of nitrogens with one attached hydrogen (secondary N) is 1. The van der Waals surface area contributed by atoms with Crippen LogP contribution in [0.5, 0.6) is 0 Å². The molecule has 1 heterocycles. The van der Waals surface area contributed by atoms with Gasteiger partial charge in [0, 0.05) is 0 Å². The second kappa shape index (κ2) is 2.92. The number of hydrogen-bond donors (Lipinski definition) is 1. The maximum Gasteiger partial charge on any atom is 0.138 e. The van der Waals surface area contributed by atoms with E-state index in [-0.39, 0.29) is 0 Å². The lowest BCUT2D eigenvalue weighted by Gasteiger charge is -1.87. The van der Waals surface area contributed by atoms with Crippen molar-refractivity contribution >= 4 is 0 Å². The van der Waals surface area contributed by atoms with Crippen LogP contribution in [-0.4, -0.2) is 13.1 Å². The van der Waals surface area contributed by atoms with Crippen LogP contribution in [0.1, 0.15) is 19.3 Å². The lowest BCUT2D eigenvalue weighted by atomic mass is 10.2. The average molecular weight is 98.2 g/mol. The standard InChI is InChI=1S/C6H12N/c1-2-4-6-7-5-3-1/h3,7H,1-2,4-6H2/q+1. The molecule has 1 heteroatoms. The van der Waals surface area contributed by atoms with Gasteiger partial charge < -0.3 is 0 Å². The Bertz CT molecular complexity index is 23.8. The third kappa shape index (κ3) is 1.83. The van der Waals surface area contributed by atoms with Crippen molar-refractivity contribution in [3.63, 3.8) is 0 Å². The van der Waals surface area contributed by atoms with Crippen molar-refractivity contribution in [3.05, 3.63) is 6.42 Å². The van der Waals surface area contributed by atoms with Crippen molar-refractivity contribution < 1.29 is 0 Å². The summed E-state index contributed by atoms with van der Waals surface area (Å²) in [5.74, 6) is 0. The highest BCUT2D eigenvalue weighted by molar-refractivity contribution is 4.71. The smallest absolute Gasteiger partial charge is 0.138 e. The van der Waals surface area contributed by atoms with E-state index in [0.29, 0.717) is 0 Å². The molecule has 0 aromatic rings. The van der Waals surface area contributed by atoms with Gasteiger partial charge in [-0.2, -0.15) is 0 Å². The molecule has 1 rings (SSSR count). The third-order valence-corrected chi connectivity index (χ3v) is 1.30. The molecule has 7 heavy (non-hydrogen) atoms. The maximum atomic E-state index is 3.29. The number of hydrogen-bond acceptors (Lipinski definition) is 1. The van der Waals surface area contributed by atoms with E-state index < -0.39 is 0 Å². The minimum atomic E-state index is 1.12. The summed E-state index contributed by atoms with van der Waals surface area (Å²) in [7, 11) is 0. The monoisotopic (exact) mass is 98.1 g/mol. The fourth-order valence-electron chi connectivity index (χ4n) is 0.845. The number of rotatable bonds is 0. The molecule has 40 valence electrons. The van der Waals surface area contributed by atoms with Crippen molar-refractivity contribution in [3.8, 4) is 0 Å². The van der Waals surface area contributed by atoms with Gasteiger partial charge in [-0.25, -0.2) is 0 Å². The molecule has 1 aliphatic rings.